The number of rotatable bonds is 2. The van der Waals surface area contributed by atoms with E-state index < -0.39 is 49.4 Å². The van der Waals surface area contributed by atoms with Crippen LogP contribution < -0.4 is 5.32 Å². The molecule has 0 spiro atoms. The van der Waals surface area contributed by atoms with Crippen LogP contribution in [0.3, 0.4) is 0 Å². The van der Waals surface area contributed by atoms with Gasteiger partial charge in [0.05, 0.1) is 18.8 Å². The fourth-order valence-corrected chi connectivity index (χ4v) is 1.70. The Morgan fingerprint density at radius 1 is 0.812 bits per heavy atom. The third kappa shape index (κ3) is 2.06. The van der Waals surface area contributed by atoms with Gasteiger partial charge in [0.25, 0.3) is 0 Å². The molecule has 8 N–H and O–H groups in total. The summed E-state index contributed by atoms with van der Waals surface area (Å²) >= 11 is 0. The van der Waals surface area contributed by atoms with E-state index in [1.54, 1.807) is 0 Å². The number of nitrogens with one attached hydrogen (secondary N) is 1. The molecule has 0 aliphatic carbocycles. The molecule has 0 saturated carbocycles. The second-order valence-corrected chi connectivity index (χ2v) is 3.98. The van der Waals surface area contributed by atoms with Crippen LogP contribution in [0.25, 0.3) is 0 Å². The van der Waals surface area contributed by atoms with E-state index in [0.717, 1.165) is 0 Å². The van der Waals surface area contributed by atoms with Crippen LogP contribution in [0.15, 0.2) is 0 Å². The van der Waals surface area contributed by atoms with Crippen LogP contribution in [0.1, 0.15) is 0 Å². The summed E-state index contributed by atoms with van der Waals surface area (Å²) in [4.78, 5) is 0. The van der Waals surface area contributed by atoms with Crippen LogP contribution in [0.4, 0.5) is 0 Å². The van der Waals surface area contributed by atoms with Gasteiger partial charge in [0, 0.05) is 0 Å². The van der Waals surface area contributed by atoms with Gasteiger partial charge in [0.15, 0.2) is 0 Å². The molecule has 5 atom stereocenters. The predicted molar refractivity (Wildman–Crippen MR) is 50.1 cm³/mol. The summed E-state index contributed by atoms with van der Waals surface area (Å²) in [6.07, 6.45) is -8.79. The third-order valence-electron chi connectivity index (χ3n) is 2.91. The molecule has 1 fully saturated rings. The van der Waals surface area contributed by atoms with E-state index in [-0.39, 0.29) is 0 Å². The van der Waals surface area contributed by atoms with E-state index in [4.69, 9.17) is 10.2 Å². The quantitative estimate of drug-likeness (QED) is 0.238. The summed E-state index contributed by atoms with van der Waals surface area (Å²) in [6, 6.07) is 0. The minimum Gasteiger partial charge on any atom is -0.394 e. The molecule has 1 rings (SSSR count). The van der Waals surface area contributed by atoms with Gasteiger partial charge in [0.2, 0.25) is 0 Å². The van der Waals surface area contributed by atoms with Gasteiger partial charge in [-0.25, -0.2) is 0 Å². The van der Waals surface area contributed by atoms with Crippen molar-refractivity contribution >= 4 is 0 Å². The Morgan fingerprint density at radius 2 is 1.31 bits per heavy atom. The van der Waals surface area contributed by atoms with E-state index in [1.165, 1.54) is 0 Å². The van der Waals surface area contributed by atoms with E-state index >= 15 is 0 Å². The molecule has 0 aromatic heterocycles. The molecule has 1 aliphatic rings. The van der Waals surface area contributed by atoms with Crippen LogP contribution in [0.5, 0.6) is 0 Å². The van der Waals surface area contributed by atoms with Crippen LogP contribution in [-0.4, -0.2) is 85.1 Å². The minimum absolute atomic E-state index is 0.793. The molecule has 0 bridgehead atoms. The van der Waals surface area contributed by atoms with Crippen LogP contribution in [0, 0.1) is 0 Å². The molecule has 1 saturated heterocycles. The molecule has 0 amide bonds. The van der Waals surface area contributed by atoms with Crippen LogP contribution >= 0.6 is 0 Å². The Morgan fingerprint density at radius 3 is 1.75 bits per heavy atom. The van der Waals surface area contributed by atoms with Crippen molar-refractivity contribution in [3.8, 4) is 0 Å². The minimum atomic E-state index is -1.81. The standard InChI is InChI=1S/C8H17NO7/c10-1-8(2-11)6(15)4(13)3(12)5(14)7(16)9-8/h3-7,9-16H,1-2H2/t3-,4-,5+,6-,7+/m0/s1. The summed E-state index contributed by atoms with van der Waals surface area (Å²) in [5.74, 6) is 0. The maximum Gasteiger partial charge on any atom is 0.134 e. The van der Waals surface area contributed by atoms with Crippen molar-refractivity contribution in [3.63, 3.8) is 0 Å². The van der Waals surface area contributed by atoms with E-state index in [2.05, 4.69) is 5.32 Å². The second-order valence-electron chi connectivity index (χ2n) is 3.98. The predicted octanol–water partition coefficient (Wildman–Crippen LogP) is -4.92. The molecule has 8 nitrogen and oxygen atoms in total. The van der Waals surface area contributed by atoms with E-state index in [9.17, 15) is 25.5 Å². The van der Waals surface area contributed by atoms with Crippen molar-refractivity contribution in [2.45, 2.75) is 36.2 Å². The van der Waals surface area contributed by atoms with Crippen LogP contribution in [0.2, 0.25) is 0 Å². The number of aliphatic hydroxyl groups excluding tert-OH is 7. The van der Waals surface area contributed by atoms with Gasteiger partial charge in [-0.2, -0.15) is 0 Å². The Bertz CT molecular complexity index is 234. The summed E-state index contributed by atoms with van der Waals surface area (Å²) in [5.41, 5.74) is -1.79. The van der Waals surface area contributed by atoms with Crippen molar-refractivity contribution < 1.29 is 35.7 Å². The fraction of sp³-hybridized carbons (Fsp3) is 1.00. The number of aliphatic hydroxyl groups is 7. The van der Waals surface area contributed by atoms with Gasteiger partial charge in [-0.1, -0.05) is 0 Å². The fourth-order valence-electron chi connectivity index (χ4n) is 1.70. The molecule has 0 radical (unpaired) electrons. The first-order chi connectivity index (χ1) is 7.39. The lowest BCUT2D eigenvalue weighted by Crippen LogP contribution is -2.64. The average Bonchev–Trinajstić information content (AvgIpc) is 2.36. The zero-order valence-electron chi connectivity index (χ0n) is 8.43. The topological polar surface area (TPSA) is 154 Å². The Hall–Kier alpha value is -0.320. The summed E-state index contributed by atoms with van der Waals surface area (Å²) in [5, 5.41) is 67.6. The highest BCUT2D eigenvalue weighted by atomic mass is 16.4. The second kappa shape index (κ2) is 4.90. The monoisotopic (exact) mass is 239 g/mol. The zero-order valence-corrected chi connectivity index (χ0v) is 8.43. The number of hydrogen-bond donors (Lipinski definition) is 8. The van der Waals surface area contributed by atoms with E-state index in [0.29, 0.717) is 0 Å². The van der Waals surface area contributed by atoms with Crippen molar-refractivity contribution in [2.24, 2.45) is 0 Å². The Labute approximate surface area is 91.4 Å². The lowest BCUT2D eigenvalue weighted by molar-refractivity contribution is -0.125. The summed E-state index contributed by atoms with van der Waals surface area (Å²) < 4.78 is 0. The molecule has 1 heterocycles. The zero-order chi connectivity index (χ0) is 12.5. The molecule has 8 heteroatoms. The molecular formula is C8H17NO7. The van der Waals surface area contributed by atoms with Gasteiger partial charge in [-0.05, 0) is 0 Å². The molecule has 0 aromatic rings. The van der Waals surface area contributed by atoms with Crippen molar-refractivity contribution in [1.82, 2.24) is 5.32 Å². The molecular weight excluding hydrogens is 222 g/mol. The third-order valence-corrected chi connectivity index (χ3v) is 2.91. The van der Waals surface area contributed by atoms with Crippen molar-refractivity contribution in [2.75, 3.05) is 13.2 Å². The van der Waals surface area contributed by atoms with Crippen molar-refractivity contribution in [1.29, 1.82) is 0 Å². The molecule has 0 aromatic carbocycles. The highest BCUT2D eigenvalue weighted by Crippen LogP contribution is 2.22. The van der Waals surface area contributed by atoms with E-state index in [1.807, 2.05) is 0 Å². The first-order valence-electron chi connectivity index (χ1n) is 4.79. The SMILES string of the molecule is OCC1(CO)N[C@H](O)[C@H](O)[C@@H](O)[C@H](O)[C@@H]1O. The Kier molecular flexibility index (Phi) is 4.21. The highest BCUT2D eigenvalue weighted by molar-refractivity contribution is 5.05. The average molecular weight is 239 g/mol. The molecule has 1 aliphatic heterocycles. The largest absolute Gasteiger partial charge is 0.394 e. The smallest absolute Gasteiger partial charge is 0.134 e. The lowest BCUT2D eigenvalue weighted by Gasteiger charge is -2.36. The maximum absolute atomic E-state index is 9.66. The first-order valence-corrected chi connectivity index (χ1v) is 4.79. The summed E-state index contributed by atoms with van der Waals surface area (Å²) in [6.45, 7) is -1.59. The van der Waals surface area contributed by atoms with Crippen molar-refractivity contribution in [3.05, 3.63) is 0 Å². The normalized spacial score (nSPS) is 44.1. The number of hydrogen-bond acceptors (Lipinski definition) is 8. The van der Waals surface area contributed by atoms with Gasteiger partial charge in [0.1, 0.15) is 30.6 Å². The maximum atomic E-state index is 9.66. The van der Waals surface area contributed by atoms with Gasteiger partial charge in [-0.3, -0.25) is 5.32 Å². The first kappa shape index (κ1) is 13.7. The molecule has 16 heavy (non-hydrogen) atoms. The van der Waals surface area contributed by atoms with Gasteiger partial charge < -0.3 is 35.7 Å². The van der Waals surface area contributed by atoms with Gasteiger partial charge in [-0.15, -0.1) is 0 Å². The van der Waals surface area contributed by atoms with Crippen LogP contribution in [-0.2, 0) is 0 Å². The molecule has 96 valence electrons. The molecule has 0 unspecified atom stereocenters. The highest BCUT2D eigenvalue weighted by Gasteiger charge is 2.50. The van der Waals surface area contributed by atoms with Gasteiger partial charge >= 0.3 is 0 Å². The summed E-state index contributed by atoms with van der Waals surface area (Å²) in [7, 11) is 0. The lowest BCUT2D eigenvalue weighted by atomic mass is 9.89. The Balaban J connectivity index is 3.05.